The van der Waals surface area contributed by atoms with Crippen molar-refractivity contribution >= 4 is 37.9 Å². The lowest BCUT2D eigenvalue weighted by Gasteiger charge is -2.06. The molecular formula is C12H11ClN4O2S2. The van der Waals surface area contributed by atoms with Crippen molar-refractivity contribution < 1.29 is 8.42 Å². The maximum Gasteiger partial charge on any atom is 0.259 e. The van der Waals surface area contributed by atoms with Crippen molar-refractivity contribution in [1.82, 2.24) is 19.1 Å². The van der Waals surface area contributed by atoms with Crippen LogP contribution in [0.5, 0.6) is 0 Å². The maximum absolute atomic E-state index is 12.4. The molecule has 0 aliphatic heterocycles. The van der Waals surface area contributed by atoms with Crippen molar-refractivity contribution in [1.29, 1.82) is 0 Å². The average Bonchev–Trinajstić information content (AvgIpc) is 2.99. The Morgan fingerprint density at radius 2 is 2.10 bits per heavy atom. The summed E-state index contributed by atoms with van der Waals surface area (Å²) in [4.78, 5) is 8.49. The van der Waals surface area contributed by atoms with Crippen LogP contribution in [0.1, 0.15) is 5.56 Å². The highest BCUT2D eigenvalue weighted by molar-refractivity contribution is 7.89. The summed E-state index contributed by atoms with van der Waals surface area (Å²) in [5, 5.41) is 1.72. The molecule has 3 aromatic heterocycles. The molecule has 0 atom stereocenters. The van der Waals surface area contributed by atoms with Gasteiger partial charge in [-0.05, 0) is 24.1 Å². The normalized spacial score (nSPS) is 12.0. The number of sulfonamides is 1. The van der Waals surface area contributed by atoms with Crippen LogP contribution >= 0.6 is 22.9 Å². The van der Waals surface area contributed by atoms with E-state index in [4.69, 9.17) is 11.6 Å². The van der Waals surface area contributed by atoms with E-state index < -0.39 is 10.0 Å². The molecule has 0 aliphatic carbocycles. The number of hydrogen-bond acceptors (Lipinski definition) is 5. The topological polar surface area (TPSA) is 76.4 Å². The summed E-state index contributed by atoms with van der Waals surface area (Å²) in [6.45, 7) is 0.278. The van der Waals surface area contributed by atoms with Gasteiger partial charge >= 0.3 is 0 Å². The van der Waals surface area contributed by atoms with Gasteiger partial charge in [0.1, 0.15) is 0 Å². The van der Waals surface area contributed by atoms with Gasteiger partial charge in [0, 0.05) is 30.5 Å². The van der Waals surface area contributed by atoms with Gasteiger partial charge in [0.2, 0.25) is 0 Å². The third-order valence-corrected chi connectivity index (χ3v) is 5.50. The molecule has 0 spiro atoms. The van der Waals surface area contributed by atoms with Gasteiger partial charge in [-0.15, -0.1) is 11.3 Å². The lowest BCUT2D eigenvalue weighted by Crippen LogP contribution is -2.27. The fourth-order valence-electron chi connectivity index (χ4n) is 1.93. The van der Waals surface area contributed by atoms with E-state index in [2.05, 4.69) is 14.7 Å². The summed E-state index contributed by atoms with van der Waals surface area (Å²) in [7, 11) is -3.70. The van der Waals surface area contributed by atoms with E-state index in [0.29, 0.717) is 11.4 Å². The van der Waals surface area contributed by atoms with Crippen molar-refractivity contribution in [2.24, 2.45) is 0 Å². The lowest BCUT2D eigenvalue weighted by molar-refractivity contribution is 0.577. The highest BCUT2D eigenvalue weighted by Gasteiger charge is 2.24. The number of aromatic nitrogens is 3. The minimum atomic E-state index is -3.70. The molecule has 6 nitrogen and oxygen atoms in total. The zero-order valence-electron chi connectivity index (χ0n) is 10.7. The minimum absolute atomic E-state index is 0.0155. The molecule has 0 saturated heterocycles. The van der Waals surface area contributed by atoms with Gasteiger partial charge in [0.05, 0.1) is 0 Å². The fourth-order valence-corrected chi connectivity index (χ4v) is 4.41. The van der Waals surface area contributed by atoms with E-state index >= 15 is 0 Å². The molecule has 1 N–H and O–H groups in total. The van der Waals surface area contributed by atoms with Crippen LogP contribution in [0.4, 0.5) is 0 Å². The number of pyridine rings is 1. The monoisotopic (exact) mass is 342 g/mol. The molecule has 0 aromatic carbocycles. The smallest absolute Gasteiger partial charge is 0.259 e. The predicted octanol–water partition coefficient (Wildman–Crippen LogP) is 1.97. The number of hydrogen-bond donors (Lipinski definition) is 1. The largest absolute Gasteiger partial charge is 0.279 e. The first-order chi connectivity index (χ1) is 10.1. The second-order valence-electron chi connectivity index (χ2n) is 4.27. The zero-order chi connectivity index (χ0) is 14.9. The Balaban J connectivity index is 1.78. The van der Waals surface area contributed by atoms with Crippen LogP contribution in [-0.4, -0.2) is 29.3 Å². The molecule has 0 bridgehead atoms. The van der Waals surface area contributed by atoms with Crippen LogP contribution in [0.2, 0.25) is 5.15 Å². The summed E-state index contributed by atoms with van der Waals surface area (Å²) in [5.74, 6) is 0. The van der Waals surface area contributed by atoms with Gasteiger partial charge < -0.3 is 0 Å². The number of thiazole rings is 1. The number of imidazole rings is 1. The van der Waals surface area contributed by atoms with Gasteiger partial charge in [0.15, 0.2) is 15.1 Å². The van der Waals surface area contributed by atoms with Crippen molar-refractivity contribution in [3.05, 3.63) is 46.8 Å². The highest BCUT2D eigenvalue weighted by Crippen LogP contribution is 2.25. The molecule has 3 aromatic rings. The molecule has 0 amide bonds. The quantitative estimate of drug-likeness (QED) is 0.769. The van der Waals surface area contributed by atoms with Gasteiger partial charge in [-0.1, -0.05) is 11.6 Å². The van der Waals surface area contributed by atoms with Gasteiger partial charge in [-0.3, -0.25) is 9.38 Å². The van der Waals surface area contributed by atoms with E-state index in [1.165, 1.54) is 15.7 Å². The third-order valence-electron chi connectivity index (χ3n) is 2.89. The molecule has 9 heteroatoms. The van der Waals surface area contributed by atoms with Crippen molar-refractivity contribution in [2.45, 2.75) is 11.4 Å². The Kier molecular flexibility index (Phi) is 3.94. The van der Waals surface area contributed by atoms with Crippen molar-refractivity contribution in [3.63, 3.8) is 0 Å². The van der Waals surface area contributed by atoms with Gasteiger partial charge in [-0.25, -0.2) is 18.1 Å². The summed E-state index contributed by atoms with van der Waals surface area (Å²) >= 11 is 7.26. The highest BCUT2D eigenvalue weighted by atomic mass is 35.5. The summed E-state index contributed by atoms with van der Waals surface area (Å²) < 4.78 is 28.7. The lowest BCUT2D eigenvalue weighted by atomic mass is 10.2. The molecule has 0 unspecified atom stereocenters. The van der Waals surface area contributed by atoms with E-state index in [0.717, 1.165) is 5.56 Å². The first-order valence-electron chi connectivity index (χ1n) is 6.07. The summed E-state index contributed by atoms with van der Waals surface area (Å²) in [5.41, 5.74) is 1.01. The molecule has 0 radical (unpaired) electrons. The molecule has 3 rings (SSSR count). The molecule has 0 fully saturated rings. The van der Waals surface area contributed by atoms with Gasteiger partial charge in [-0.2, -0.15) is 0 Å². The van der Waals surface area contributed by atoms with Crippen LogP contribution in [0.15, 0.2) is 41.1 Å². The Morgan fingerprint density at radius 1 is 1.33 bits per heavy atom. The molecule has 0 aliphatic rings. The number of halogens is 1. The molecule has 0 saturated carbocycles. The van der Waals surface area contributed by atoms with E-state index in [9.17, 15) is 8.42 Å². The van der Waals surface area contributed by atoms with Crippen LogP contribution in [0, 0.1) is 0 Å². The minimum Gasteiger partial charge on any atom is -0.279 e. The molecular weight excluding hydrogens is 332 g/mol. The van der Waals surface area contributed by atoms with Crippen molar-refractivity contribution in [2.75, 3.05) is 6.54 Å². The predicted molar refractivity (Wildman–Crippen MR) is 81.2 cm³/mol. The molecule has 110 valence electrons. The van der Waals surface area contributed by atoms with Crippen LogP contribution in [-0.2, 0) is 16.4 Å². The van der Waals surface area contributed by atoms with Gasteiger partial charge in [0.25, 0.3) is 10.0 Å². The van der Waals surface area contributed by atoms with E-state index in [1.807, 2.05) is 12.1 Å². The van der Waals surface area contributed by atoms with Crippen LogP contribution in [0.3, 0.4) is 0 Å². The summed E-state index contributed by atoms with van der Waals surface area (Å²) in [6.07, 6.45) is 5.56. The second kappa shape index (κ2) is 5.72. The van der Waals surface area contributed by atoms with Crippen molar-refractivity contribution in [3.8, 4) is 0 Å². The number of fused-ring (bicyclic) bond motifs is 1. The van der Waals surface area contributed by atoms with Crippen LogP contribution < -0.4 is 4.72 Å². The van der Waals surface area contributed by atoms with E-state index in [1.54, 1.807) is 24.0 Å². The first kappa shape index (κ1) is 14.5. The molecule has 21 heavy (non-hydrogen) atoms. The number of rotatable bonds is 5. The standard InChI is InChI=1S/C12H11ClN4O2S2/c13-10-11(17-7-8-20-12(17)16-10)21(18,19)15-6-3-9-1-4-14-5-2-9/h1-2,4-5,7-8,15H,3,6H2. The Labute approximate surface area is 130 Å². The average molecular weight is 343 g/mol. The maximum atomic E-state index is 12.4. The van der Waals surface area contributed by atoms with Crippen LogP contribution in [0.25, 0.3) is 4.96 Å². The number of nitrogens with one attached hydrogen (secondary N) is 1. The van der Waals surface area contributed by atoms with E-state index in [-0.39, 0.29) is 16.7 Å². The first-order valence-corrected chi connectivity index (χ1v) is 8.81. The Hall–Kier alpha value is -1.48. The number of nitrogens with zero attached hydrogens (tertiary/aromatic N) is 3. The Morgan fingerprint density at radius 3 is 2.86 bits per heavy atom. The zero-order valence-corrected chi connectivity index (χ0v) is 13.1. The fraction of sp³-hybridized carbons (Fsp3) is 0.167. The second-order valence-corrected chi connectivity index (χ2v) is 7.18. The SMILES string of the molecule is O=S(=O)(NCCc1ccncc1)c1c(Cl)nc2sccn12. The third kappa shape index (κ3) is 2.93. The Bertz CT molecular complexity index is 858. The summed E-state index contributed by atoms with van der Waals surface area (Å²) in [6, 6.07) is 3.69. The molecule has 3 heterocycles.